The molecule has 3 heteroatoms. The van der Waals surface area contributed by atoms with E-state index in [4.69, 9.17) is 0 Å². The van der Waals surface area contributed by atoms with Crippen molar-refractivity contribution in [3.8, 4) is 0 Å². The summed E-state index contributed by atoms with van der Waals surface area (Å²) in [6.07, 6.45) is 1.90. The molecule has 0 radical (unpaired) electrons. The van der Waals surface area contributed by atoms with E-state index in [9.17, 15) is 4.79 Å². The van der Waals surface area contributed by atoms with Crippen molar-refractivity contribution in [3.05, 3.63) is 0 Å². The van der Waals surface area contributed by atoms with Gasteiger partial charge in [-0.25, -0.2) is 0 Å². The van der Waals surface area contributed by atoms with Crippen molar-refractivity contribution in [2.45, 2.75) is 25.0 Å². The zero-order valence-electron chi connectivity index (χ0n) is 5.54. The summed E-state index contributed by atoms with van der Waals surface area (Å²) in [7, 11) is 0. The topological polar surface area (TPSA) is 26.3 Å². The Morgan fingerprint density at radius 2 is 2.44 bits per heavy atom. The first kappa shape index (κ1) is 8.82. The summed E-state index contributed by atoms with van der Waals surface area (Å²) in [6.45, 7) is 3.02. The second kappa shape index (κ2) is 5.95. The number of rotatable bonds is 5. The molecule has 0 saturated heterocycles. The van der Waals surface area contributed by atoms with Gasteiger partial charge < -0.3 is 4.74 Å². The Hall–Kier alpha value is -0.180. The van der Waals surface area contributed by atoms with Crippen LogP contribution in [0.15, 0.2) is 0 Å². The lowest BCUT2D eigenvalue weighted by Crippen LogP contribution is -1.96. The van der Waals surface area contributed by atoms with Crippen LogP contribution in [0.2, 0.25) is 0 Å². The van der Waals surface area contributed by atoms with E-state index >= 15 is 0 Å². The molecule has 1 unspecified atom stereocenters. The lowest BCUT2D eigenvalue weighted by molar-refractivity contribution is -0.128. The van der Waals surface area contributed by atoms with Crippen LogP contribution in [0.1, 0.15) is 19.8 Å². The average Bonchev–Trinajstić information content (AvgIpc) is 1.80. The fourth-order valence-electron chi connectivity index (χ4n) is 0.510. The first-order valence-corrected chi connectivity index (χ1v) is 3.52. The van der Waals surface area contributed by atoms with Gasteiger partial charge in [-0.15, -0.1) is 0 Å². The fourth-order valence-corrected chi connectivity index (χ4v) is 0.693. The van der Waals surface area contributed by atoms with Crippen molar-refractivity contribution in [2.75, 3.05) is 6.61 Å². The average molecular weight is 148 g/mol. The largest absolute Gasteiger partial charge is 0.468 e. The molecule has 9 heavy (non-hydrogen) atoms. The van der Waals surface area contributed by atoms with Crippen molar-refractivity contribution >= 4 is 19.1 Å². The van der Waals surface area contributed by atoms with Gasteiger partial charge in [-0.3, -0.25) is 4.79 Å². The predicted molar refractivity (Wildman–Crippen MR) is 39.7 cm³/mol. The molecule has 0 spiro atoms. The normalized spacial score (nSPS) is 12.7. The lowest BCUT2D eigenvalue weighted by atomic mass is 10.3. The van der Waals surface area contributed by atoms with Gasteiger partial charge in [0.25, 0.3) is 6.47 Å². The molecule has 0 amide bonds. The van der Waals surface area contributed by atoms with Crippen LogP contribution < -0.4 is 0 Å². The van der Waals surface area contributed by atoms with Crippen molar-refractivity contribution in [2.24, 2.45) is 0 Å². The van der Waals surface area contributed by atoms with Gasteiger partial charge in [0.05, 0.1) is 6.61 Å². The zero-order valence-corrected chi connectivity index (χ0v) is 6.43. The molecule has 0 aromatic carbocycles. The summed E-state index contributed by atoms with van der Waals surface area (Å²) in [5.74, 6) is 0. The van der Waals surface area contributed by atoms with Gasteiger partial charge in [0.2, 0.25) is 0 Å². The molecule has 54 valence electrons. The van der Waals surface area contributed by atoms with Gasteiger partial charge in [0.15, 0.2) is 0 Å². The van der Waals surface area contributed by atoms with E-state index in [-0.39, 0.29) is 0 Å². The van der Waals surface area contributed by atoms with Crippen LogP contribution in [0.3, 0.4) is 0 Å². The minimum Gasteiger partial charge on any atom is -0.468 e. The number of carbonyl (C=O) groups excluding carboxylic acids is 1. The fraction of sp³-hybridized carbons (Fsp3) is 0.833. The van der Waals surface area contributed by atoms with Gasteiger partial charge in [0, 0.05) is 0 Å². The quantitative estimate of drug-likeness (QED) is 0.361. The first-order valence-electron chi connectivity index (χ1n) is 3.00. The lowest BCUT2D eigenvalue weighted by Gasteiger charge is -2.00. The molecular formula is C6H12O2S. The molecule has 0 bridgehead atoms. The maximum atomic E-state index is 9.61. The van der Waals surface area contributed by atoms with Gasteiger partial charge in [-0.2, -0.15) is 12.6 Å². The zero-order chi connectivity index (χ0) is 7.11. The molecule has 0 aromatic heterocycles. The van der Waals surface area contributed by atoms with E-state index in [1.807, 2.05) is 6.92 Å². The molecule has 0 aliphatic heterocycles. The monoisotopic (exact) mass is 148 g/mol. The van der Waals surface area contributed by atoms with E-state index in [1.54, 1.807) is 0 Å². The Balaban J connectivity index is 2.82. The molecule has 0 N–H and O–H groups in total. The Labute approximate surface area is 61.0 Å². The van der Waals surface area contributed by atoms with Crippen LogP contribution in [0.25, 0.3) is 0 Å². The Morgan fingerprint density at radius 1 is 1.78 bits per heavy atom. The van der Waals surface area contributed by atoms with Crippen LogP contribution in [0.4, 0.5) is 0 Å². The smallest absolute Gasteiger partial charge is 0.293 e. The third-order valence-corrected chi connectivity index (χ3v) is 1.21. The maximum Gasteiger partial charge on any atom is 0.293 e. The number of ether oxygens (including phenoxy) is 1. The highest BCUT2D eigenvalue weighted by atomic mass is 32.1. The summed E-state index contributed by atoms with van der Waals surface area (Å²) < 4.78 is 4.47. The van der Waals surface area contributed by atoms with Crippen LogP contribution in [-0.4, -0.2) is 18.3 Å². The van der Waals surface area contributed by atoms with Crippen molar-refractivity contribution < 1.29 is 9.53 Å². The second-order valence-corrected chi connectivity index (χ2v) is 2.84. The standard InChI is InChI=1S/C6H12O2S/c1-6(9)3-2-4-8-5-7/h5-6,9H,2-4H2,1H3. The van der Waals surface area contributed by atoms with E-state index in [0.717, 1.165) is 12.8 Å². The molecule has 0 heterocycles. The first-order chi connectivity index (χ1) is 4.27. The molecule has 2 nitrogen and oxygen atoms in total. The Morgan fingerprint density at radius 3 is 2.89 bits per heavy atom. The molecule has 0 aliphatic rings. The van der Waals surface area contributed by atoms with E-state index in [0.29, 0.717) is 18.3 Å². The molecule has 0 saturated carbocycles. The molecule has 0 aliphatic carbocycles. The summed E-state index contributed by atoms with van der Waals surface area (Å²) in [6, 6.07) is 0. The number of thiol groups is 1. The van der Waals surface area contributed by atoms with E-state index < -0.39 is 0 Å². The molecule has 0 rings (SSSR count). The highest BCUT2D eigenvalue weighted by Gasteiger charge is 1.92. The number of hydrogen-bond acceptors (Lipinski definition) is 3. The van der Waals surface area contributed by atoms with Gasteiger partial charge in [-0.1, -0.05) is 6.92 Å². The summed E-state index contributed by atoms with van der Waals surface area (Å²) in [5.41, 5.74) is 0. The minimum atomic E-state index is 0.403. The van der Waals surface area contributed by atoms with E-state index in [2.05, 4.69) is 17.4 Å². The van der Waals surface area contributed by atoms with E-state index in [1.165, 1.54) is 0 Å². The summed E-state index contributed by atoms with van der Waals surface area (Å²) >= 11 is 4.16. The maximum absolute atomic E-state index is 9.61. The number of carbonyl (C=O) groups is 1. The minimum absolute atomic E-state index is 0.403. The van der Waals surface area contributed by atoms with Crippen molar-refractivity contribution in [3.63, 3.8) is 0 Å². The predicted octanol–water partition coefficient (Wildman–Crippen LogP) is 1.26. The van der Waals surface area contributed by atoms with Crippen molar-refractivity contribution in [1.29, 1.82) is 0 Å². The van der Waals surface area contributed by atoms with Crippen LogP contribution in [0.5, 0.6) is 0 Å². The summed E-state index contributed by atoms with van der Waals surface area (Å²) in [4.78, 5) is 9.61. The molecule has 1 atom stereocenters. The van der Waals surface area contributed by atoms with Crippen molar-refractivity contribution in [1.82, 2.24) is 0 Å². The van der Waals surface area contributed by atoms with Gasteiger partial charge in [-0.05, 0) is 18.1 Å². The second-order valence-electron chi connectivity index (χ2n) is 1.96. The Bertz CT molecular complexity index is 73.5. The third-order valence-electron chi connectivity index (χ3n) is 0.952. The number of hydrogen-bond donors (Lipinski definition) is 1. The molecular weight excluding hydrogens is 136 g/mol. The van der Waals surface area contributed by atoms with Gasteiger partial charge in [0.1, 0.15) is 0 Å². The summed E-state index contributed by atoms with van der Waals surface area (Å²) in [5, 5.41) is 0.403. The Kier molecular flexibility index (Phi) is 5.83. The SMILES string of the molecule is CC(S)CCCOC=O. The highest BCUT2D eigenvalue weighted by molar-refractivity contribution is 7.80. The van der Waals surface area contributed by atoms with Gasteiger partial charge >= 0.3 is 0 Å². The molecule has 0 aromatic rings. The highest BCUT2D eigenvalue weighted by Crippen LogP contribution is 2.01. The van der Waals surface area contributed by atoms with Crippen LogP contribution in [-0.2, 0) is 9.53 Å². The third kappa shape index (κ3) is 7.82. The van der Waals surface area contributed by atoms with Crippen LogP contribution in [0, 0.1) is 0 Å². The van der Waals surface area contributed by atoms with Crippen LogP contribution >= 0.6 is 12.6 Å². The molecule has 0 fully saturated rings.